The van der Waals surface area contributed by atoms with E-state index in [0.29, 0.717) is 29.8 Å². The monoisotopic (exact) mass is 243 g/mol. The zero-order chi connectivity index (χ0) is 12.1. The first-order valence-electron chi connectivity index (χ1n) is 5.15. The summed E-state index contributed by atoms with van der Waals surface area (Å²) >= 11 is 5.79. The third kappa shape index (κ3) is 3.47. The lowest BCUT2D eigenvalue weighted by Gasteiger charge is -2.07. The molecular weight excluding hydrogens is 230 g/mol. The smallest absolute Gasteiger partial charge is 0.272 e. The Kier molecular flexibility index (Phi) is 4.71. The third-order valence-corrected chi connectivity index (χ3v) is 2.69. The molecule has 88 valence electrons. The van der Waals surface area contributed by atoms with Crippen LogP contribution in [0, 0.1) is 10.1 Å². The maximum Gasteiger partial charge on any atom is 0.272 e. The fourth-order valence-electron chi connectivity index (χ4n) is 1.46. The first-order valence-corrected chi connectivity index (χ1v) is 5.53. The van der Waals surface area contributed by atoms with Gasteiger partial charge in [-0.05, 0) is 31.4 Å². The van der Waals surface area contributed by atoms with Gasteiger partial charge in [0.2, 0.25) is 0 Å². The highest BCUT2D eigenvalue weighted by Gasteiger charge is 2.14. The number of hydrogen-bond acceptors (Lipinski definition) is 3. The standard InChI is InChI=1S/C11H14ClNO3/c1-2-10(14)5-3-8-7-9(12)4-6-11(8)13(15)16/h4,6-7,10,14H,2-3,5H2,1H3. The second-order valence-electron chi connectivity index (χ2n) is 3.63. The van der Waals surface area contributed by atoms with Crippen molar-refractivity contribution >= 4 is 17.3 Å². The molecule has 1 aromatic rings. The number of aliphatic hydroxyl groups is 1. The molecule has 0 amide bonds. The molecule has 5 heteroatoms. The molecule has 0 radical (unpaired) electrons. The zero-order valence-corrected chi connectivity index (χ0v) is 9.78. The molecule has 0 spiro atoms. The van der Waals surface area contributed by atoms with Crippen molar-refractivity contribution in [1.29, 1.82) is 0 Å². The molecule has 4 nitrogen and oxygen atoms in total. The van der Waals surface area contributed by atoms with Crippen LogP contribution in [-0.4, -0.2) is 16.1 Å². The Balaban J connectivity index is 2.84. The van der Waals surface area contributed by atoms with E-state index in [1.54, 1.807) is 6.07 Å². The van der Waals surface area contributed by atoms with Crippen molar-refractivity contribution in [2.45, 2.75) is 32.3 Å². The molecule has 16 heavy (non-hydrogen) atoms. The maximum absolute atomic E-state index is 10.7. The number of halogens is 1. The van der Waals surface area contributed by atoms with Crippen molar-refractivity contribution in [1.82, 2.24) is 0 Å². The van der Waals surface area contributed by atoms with Crippen LogP contribution >= 0.6 is 11.6 Å². The third-order valence-electron chi connectivity index (χ3n) is 2.46. The van der Waals surface area contributed by atoms with Crippen LogP contribution in [0.15, 0.2) is 18.2 Å². The van der Waals surface area contributed by atoms with E-state index in [-0.39, 0.29) is 5.69 Å². The second-order valence-corrected chi connectivity index (χ2v) is 4.07. The molecule has 1 unspecified atom stereocenters. The number of aryl methyl sites for hydroxylation is 1. The molecule has 1 aromatic carbocycles. The average molecular weight is 244 g/mol. The van der Waals surface area contributed by atoms with Crippen molar-refractivity contribution in [2.75, 3.05) is 0 Å². The second kappa shape index (κ2) is 5.82. The Morgan fingerprint density at radius 1 is 1.56 bits per heavy atom. The molecule has 0 heterocycles. The summed E-state index contributed by atoms with van der Waals surface area (Å²) in [5.41, 5.74) is 0.637. The van der Waals surface area contributed by atoms with E-state index in [0.717, 1.165) is 0 Å². The molecule has 1 rings (SSSR count). The minimum atomic E-state index is -0.427. The van der Waals surface area contributed by atoms with Gasteiger partial charge in [0.1, 0.15) is 0 Å². The van der Waals surface area contributed by atoms with E-state index in [1.807, 2.05) is 6.92 Å². The van der Waals surface area contributed by atoms with Crippen LogP contribution in [0.1, 0.15) is 25.3 Å². The van der Waals surface area contributed by atoms with Gasteiger partial charge in [0.15, 0.2) is 0 Å². The molecule has 0 aromatic heterocycles. The number of hydrogen-bond donors (Lipinski definition) is 1. The van der Waals surface area contributed by atoms with Crippen LogP contribution in [0.3, 0.4) is 0 Å². The van der Waals surface area contributed by atoms with Crippen LogP contribution in [0.25, 0.3) is 0 Å². The lowest BCUT2D eigenvalue weighted by molar-refractivity contribution is -0.385. The topological polar surface area (TPSA) is 63.4 Å². The van der Waals surface area contributed by atoms with Gasteiger partial charge in [-0.25, -0.2) is 0 Å². The van der Waals surface area contributed by atoms with Gasteiger partial charge in [-0.2, -0.15) is 0 Å². The maximum atomic E-state index is 10.7. The van der Waals surface area contributed by atoms with E-state index in [4.69, 9.17) is 11.6 Å². The number of aliphatic hydroxyl groups excluding tert-OH is 1. The fraction of sp³-hybridized carbons (Fsp3) is 0.455. The summed E-state index contributed by atoms with van der Waals surface area (Å²) in [4.78, 5) is 10.3. The van der Waals surface area contributed by atoms with Crippen molar-refractivity contribution in [3.63, 3.8) is 0 Å². The van der Waals surface area contributed by atoms with Crippen molar-refractivity contribution in [3.05, 3.63) is 38.9 Å². The van der Waals surface area contributed by atoms with Crippen molar-refractivity contribution in [3.8, 4) is 0 Å². The Morgan fingerprint density at radius 2 is 2.25 bits per heavy atom. The first-order chi connectivity index (χ1) is 7.54. The predicted molar refractivity (Wildman–Crippen MR) is 62.7 cm³/mol. The van der Waals surface area contributed by atoms with Crippen molar-refractivity contribution < 1.29 is 10.0 Å². The van der Waals surface area contributed by atoms with E-state index in [9.17, 15) is 15.2 Å². The van der Waals surface area contributed by atoms with Gasteiger partial charge < -0.3 is 5.11 Å². The first kappa shape index (κ1) is 12.9. The van der Waals surface area contributed by atoms with Gasteiger partial charge in [-0.15, -0.1) is 0 Å². The van der Waals surface area contributed by atoms with Gasteiger partial charge in [0.25, 0.3) is 5.69 Å². The van der Waals surface area contributed by atoms with Gasteiger partial charge in [-0.3, -0.25) is 10.1 Å². The van der Waals surface area contributed by atoms with Crippen LogP contribution in [0.2, 0.25) is 5.02 Å². The molecule has 0 aliphatic rings. The Bertz CT molecular complexity index is 381. The number of nitrogens with zero attached hydrogens (tertiary/aromatic N) is 1. The average Bonchev–Trinajstić information content (AvgIpc) is 2.25. The minimum Gasteiger partial charge on any atom is -0.393 e. The van der Waals surface area contributed by atoms with Gasteiger partial charge in [0, 0.05) is 16.7 Å². The number of nitro benzene ring substituents is 1. The van der Waals surface area contributed by atoms with Crippen molar-refractivity contribution in [2.24, 2.45) is 0 Å². The molecule has 0 aliphatic heterocycles. The molecule has 0 bridgehead atoms. The van der Waals surface area contributed by atoms with E-state index < -0.39 is 11.0 Å². The Morgan fingerprint density at radius 3 is 2.81 bits per heavy atom. The number of nitro groups is 1. The summed E-state index contributed by atoms with van der Waals surface area (Å²) < 4.78 is 0. The Hall–Kier alpha value is -1.13. The molecule has 1 atom stereocenters. The highest BCUT2D eigenvalue weighted by molar-refractivity contribution is 6.30. The summed E-state index contributed by atoms with van der Waals surface area (Å²) in [5, 5.41) is 20.6. The van der Waals surface area contributed by atoms with Crippen LogP contribution in [0.4, 0.5) is 5.69 Å². The molecule has 0 fully saturated rings. The Labute approximate surface area is 99.0 Å². The van der Waals surface area contributed by atoms with E-state index >= 15 is 0 Å². The van der Waals surface area contributed by atoms with Gasteiger partial charge >= 0.3 is 0 Å². The summed E-state index contributed by atoms with van der Waals surface area (Å²) in [6.45, 7) is 1.87. The van der Waals surface area contributed by atoms with Crippen LogP contribution in [-0.2, 0) is 6.42 Å². The largest absolute Gasteiger partial charge is 0.393 e. The van der Waals surface area contributed by atoms with E-state index in [1.165, 1.54) is 12.1 Å². The number of rotatable bonds is 5. The quantitative estimate of drug-likeness (QED) is 0.639. The zero-order valence-electron chi connectivity index (χ0n) is 9.02. The molecule has 0 saturated heterocycles. The molecule has 0 saturated carbocycles. The van der Waals surface area contributed by atoms with Gasteiger partial charge in [-0.1, -0.05) is 18.5 Å². The predicted octanol–water partition coefficient (Wildman–Crippen LogP) is 2.95. The van der Waals surface area contributed by atoms with Crippen LogP contribution < -0.4 is 0 Å². The minimum absolute atomic E-state index is 0.0627. The highest BCUT2D eigenvalue weighted by Crippen LogP contribution is 2.24. The van der Waals surface area contributed by atoms with Gasteiger partial charge in [0.05, 0.1) is 11.0 Å². The molecule has 1 N–H and O–H groups in total. The lowest BCUT2D eigenvalue weighted by Crippen LogP contribution is -2.06. The number of benzene rings is 1. The van der Waals surface area contributed by atoms with Crippen LogP contribution in [0.5, 0.6) is 0 Å². The summed E-state index contributed by atoms with van der Waals surface area (Å²) in [6.07, 6.45) is 1.20. The van der Waals surface area contributed by atoms with E-state index in [2.05, 4.69) is 0 Å². The summed E-state index contributed by atoms with van der Waals surface area (Å²) in [6, 6.07) is 4.48. The molecular formula is C11H14ClNO3. The fourth-order valence-corrected chi connectivity index (χ4v) is 1.65. The molecule has 0 aliphatic carbocycles. The SMILES string of the molecule is CCC(O)CCc1cc(Cl)ccc1[N+](=O)[O-]. The normalized spacial score (nSPS) is 12.4. The summed E-state index contributed by atoms with van der Waals surface area (Å²) in [5.74, 6) is 0. The lowest BCUT2D eigenvalue weighted by atomic mass is 10.0. The summed E-state index contributed by atoms with van der Waals surface area (Å²) in [7, 11) is 0. The highest BCUT2D eigenvalue weighted by atomic mass is 35.5.